The lowest BCUT2D eigenvalue weighted by atomic mass is 10.3. The SMILES string of the molecule is CCCC(=O)Nc1cccc(SC(C)C(=O)Nc2nc3ccc(OC)cc3s2)c1. The summed E-state index contributed by atoms with van der Waals surface area (Å²) in [6.07, 6.45) is 1.29. The molecule has 2 N–H and O–H groups in total. The Balaban J connectivity index is 1.62. The van der Waals surface area contributed by atoms with Gasteiger partial charge in [0.1, 0.15) is 5.75 Å². The number of nitrogens with zero attached hydrogens (tertiary/aromatic N) is 1. The summed E-state index contributed by atoms with van der Waals surface area (Å²) in [5.41, 5.74) is 1.56. The number of thiazole rings is 1. The van der Waals surface area contributed by atoms with E-state index in [0.29, 0.717) is 11.6 Å². The minimum atomic E-state index is -0.321. The van der Waals surface area contributed by atoms with Gasteiger partial charge in [0.15, 0.2) is 5.13 Å². The van der Waals surface area contributed by atoms with Gasteiger partial charge in [-0.3, -0.25) is 9.59 Å². The molecule has 29 heavy (non-hydrogen) atoms. The van der Waals surface area contributed by atoms with Gasteiger partial charge < -0.3 is 15.4 Å². The molecule has 0 aliphatic rings. The van der Waals surface area contributed by atoms with Crippen molar-refractivity contribution in [1.82, 2.24) is 4.98 Å². The predicted molar refractivity (Wildman–Crippen MR) is 120 cm³/mol. The zero-order valence-corrected chi connectivity index (χ0v) is 18.2. The number of carbonyl (C=O) groups excluding carboxylic acids is 2. The highest BCUT2D eigenvalue weighted by Gasteiger charge is 2.17. The van der Waals surface area contributed by atoms with Crippen LogP contribution in [0.25, 0.3) is 10.2 Å². The number of thioether (sulfide) groups is 1. The number of amides is 2. The van der Waals surface area contributed by atoms with Crippen molar-refractivity contribution in [1.29, 1.82) is 0 Å². The number of fused-ring (bicyclic) bond motifs is 1. The van der Waals surface area contributed by atoms with Crippen LogP contribution in [0.4, 0.5) is 10.8 Å². The second-order valence-corrected chi connectivity index (χ2v) is 8.87. The van der Waals surface area contributed by atoms with Crippen molar-refractivity contribution < 1.29 is 14.3 Å². The molecular formula is C21H23N3O3S2. The smallest absolute Gasteiger partial charge is 0.239 e. The van der Waals surface area contributed by atoms with Crippen molar-refractivity contribution in [2.75, 3.05) is 17.7 Å². The van der Waals surface area contributed by atoms with E-state index in [4.69, 9.17) is 4.74 Å². The van der Waals surface area contributed by atoms with Crippen molar-refractivity contribution >= 4 is 55.9 Å². The zero-order chi connectivity index (χ0) is 20.8. The minimum absolute atomic E-state index is 0.00657. The van der Waals surface area contributed by atoms with E-state index in [1.54, 1.807) is 7.11 Å². The number of hydrogen-bond acceptors (Lipinski definition) is 6. The molecule has 1 aromatic heterocycles. The van der Waals surface area contributed by atoms with Crippen molar-refractivity contribution in [3.8, 4) is 5.75 Å². The van der Waals surface area contributed by atoms with Gasteiger partial charge in [-0.15, -0.1) is 11.8 Å². The number of rotatable bonds is 8. The summed E-state index contributed by atoms with van der Waals surface area (Å²) in [4.78, 5) is 29.7. The van der Waals surface area contributed by atoms with Crippen LogP contribution in [0, 0.1) is 0 Å². The van der Waals surface area contributed by atoms with E-state index in [2.05, 4.69) is 15.6 Å². The van der Waals surface area contributed by atoms with E-state index >= 15 is 0 Å². The molecule has 2 aromatic carbocycles. The molecule has 0 radical (unpaired) electrons. The quantitative estimate of drug-likeness (QED) is 0.483. The van der Waals surface area contributed by atoms with Gasteiger partial charge in [0.05, 0.1) is 22.6 Å². The van der Waals surface area contributed by atoms with Crippen LogP contribution >= 0.6 is 23.1 Å². The van der Waals surface area contributed by atoms with Gasteiger partial charge in [-0.05, 0) is 49.7 Å². The number of hydrogen-bond donors (Lipinski definition) is 2. The Morgan fingerprint density at radius 1 is 1.21 bits per heavy atom. The second kappa shape index (κ2) is 9.76. The molecular weight excluding hydrogens is 406 g/mol. The van der Waals surface area contributed by atoms with Gasteiger partial charge in [0, 0.05) is 17.0 Å². The number of ether oxygens (including phenoxy) is 1. The largest absolute Gasteiger partial charge is 0.497 e. The van der Waals surface area contributed by atoms with Crippen LogP contribution in [-0.4, -0.2) is 29.2 Å². The Hall–Kier alpha value is -2.58. The lowest BCUT2D eigenvalue weighted by Gasteiger charge is -2.12. The number of benzene rings is 2. The van der Waals surface area contributed by atoms with Gasteiger partial charge in [-0.1, -0.05) is 24.3 Å². The van der Waals surface area contributed by atoms with E-state index in [1.807, 2.05) is 56.3 Å². The van der Waals surface area contributed by atoms with E-state index in [1.165, 1.54) is 23.1 Å². The van der Waals surface area contributed by atoms with Crippen LogP contribution in [0.5, 0.6) is 5.75 Å². The summed E-state index contributed by atoms with van der Waals surface area (Å²) in [6.45, 7) is 3.81. The molecule has 1 atom stereocenters. The molecule has 0 aliphatic heterocycles. The van der Waals surface area contributed by atoms with Crippen LogP contribution < -0.4 is 15.4 Å². The summed E-state index contributed by atoms with van der Waals surface area (Å²) in [5.74, 6) is 0.628. The Kier molecular flexibility index (Phi) is 7.11. The third-order valence-corrected chi connectivity index (χ3v) is 6.13. The first-order valence-corrected chi connectivity index (χ1v) is 11.0. The summed E-state index contributed by atoms with van der Waals surface area (Å²) in [6, 6.07) is 13.1. The number of nitrogens with one attached hydrogen (secondary N) is 2. The Morgan fingerprint density at radius 3 is 2.79 bits per heavy atom. The molecule has 0 spiro atoms. The van der Waals surface area contributed by atoms with Crippen molar-refractivity contribution in [2.24, 2.45) is 0 Å². The van der Waals surface area contributed by atoms with Crippen LogP contribution in [-0.2, 0) is 9.59 Å². The number of anilines is 2. The zero-order valence-electron chi connectivity index (χ0n) is 16.5. The highest BCUT2D eigenvalue weighted by molar-refractivity contribution is 8.00. The summed E-state index contributed by atoms with van der Waals surface area (Å²) in [5, 5.41) is 6.01. The van der Waals surface area contributed by atoms with E-state index in [-0.39, 0.29) is 17.1 Å². The van der Waals surface area contributed by atoms with E-state index in [0.717, 1.165) is 33.0 Å². The van der Waals surface area contributed by atoms with Crippen molar-refractivity contribution in [3.05, 3.63) is 42.5 Å². The molecule has 6 nitrogen and oxygen atoms in total. The number of methoxy groups -OCH3 is 1. The molecule has 0 bridgehead atoms. The summed E-state index contributed by atoms with van der Waals surface area (Å²) < 4.78 is 6.18. The standard InChI is InChI=1S/C21H23N3O3S2/c1-4-6-19(25)22-14-7-5-8-16(11-14)28-13(2)20(26)24-21-23-17-10-9-15(27-3)12-18(17)29-21/h5,7-13H,4,6H2,1-3H3,(H,22,25)(H,23,24,26). The fourth-order valence-corrected chi connectivity index (χ4v) is 4.47. The molecule has 8 heteroatoms. The van der Waals surface area contributed by atoms with Gasteiger partial charge >= 0.3 is 0 Å². The number of aromatic nitrogens is 1. The molecule has 0 saturated heterocycles. The first kappa shape index (κ1) is 21.1. The lowest BCUT2D eigenvalue weighted by molar-refractivity contribution is -0.116. The molecule has 3 aromatic rings. The Bertz CT molecular complexity index is 1020. The lowest BCUT2D eigenvalue weighted by Crippen LogP contribution is -2.22. The third kappa shape index (κ3) is 5.71. The number of carbonyl (C=O) groups is 2. The molecule has 1 unspecified atom stereocenters. The van der Waals surface area contributed by atoms with Gasteiger partial charge in [0.25, 0.3) is 0 Å². The maximum absolute atomic E-state index is 12.6. The average molecular weight is 430 g/mol. The molecule has 0 fully saturated rings. The Morgan fingerprint density at radius 2 is 2.03 bits per heavy atom. The van der Waals surface area contributed by atoms with Crippen molar-refractivity contribution in [2.45, 2.75) is 36.8 Å². The predicted octanol–water partition coefficient (Wildman–Crippen LogP) is 5.16. The summed E-state index contributed by atoms with van der Waals surface area (Å²) in [7, 11) is 1.62. The first-order valence-electron chi connectivity index (χ1n) is 9.30. The van der Waals surface area contributed by atoms with Gasteiger partial charge in [-0.2, -0.15) is 0 Å². The van der Waals surface area contributed by atoms with Crippen molar-refractivity contribution in [3.63, 3.8) is 0 Å². The first-order chi connectivity index (χ1) is 14.0. The third-order valence-electron chi connectivity index (χ3n) is 4.10. The Labute approximate surface area is 178 Å². The molecule has 2 amide bonds. The van der Waals surface area contributed by atoms with E-state index < -0.39 is 0 Å². The average Bonchev–Trinajstić information content (AvgIpc) is 3.09. The summed E-state index contributed by atoms with van der Waals surface area (Å²) >= 11 is 2.84. The van der Waals surface area contributed by atoms with E-state index in [9.17, 15) is 9.59 Å². The molecule has 0 aliphatic carbocycles. The molecule has 0 saturated carbocycles. The second-order valence-electron chi connectivity index (χ2n) is 6.43. The maximum atomic E-state index is 12.6. The molecule has 3 rings (SSSR count). The highest BCUT2D eigenvalue weighted by atomic mass is 32.2. The minimum Gasteiger partial charge on any atom is -0.497 e. The fraction of sp³-hybridized carbons (Fsp3) is 0.286. The van der Waals surface area contributed by atoms with Gasteiger partial charge in [0.2, 0.25) is 11.8 Å². The highest BCUT2D eigenvalue weighted by Crippen LogP contribution is 2.31. The van der Waals surface area contributed by atoms with Crippen LogP contribution in [0.2, 0.25) is 0 Å². The van der Waals surface area contributed by atoms with Crippen LogP contribution in [0.1, 0.15) is 26.7 Å². The monoisotopic (exact) mass is 429 g/mol. The van der Waals surface area contributed by atoms with Gasteiger partial charge in [-0.25, -0.2) is 4.98 Å². The molecule has 1 heterocycles. The maximum Gasteiger partial charge on any atom is 0.239 e. The topological polar surface area (TPSA) is 80.3 Å². The molecule has 152 valence electrons. The van der Waals surface area contributed by atoms with Crippen LogP contribution in [0.15, 0.2) is 47.4 Å². The van der Waals surface area contributed by atoms with Crippen LogP contribution in [0.3, 0.4) is 0 Å². The fourth-order valence-electron chi connectivity index (χ4n) is 2.65. The normalized spacial score (nSPS) is 11.8.